The van der Waals surface area contributed by atoms with Crippen LogP contribution in [0.4, 0.5) is 8.78 Å². The fraction of sp³-hybridized carbons (Fsp3) is 0.125. The summed E-state index contributed by atoms with van der Waals surface area (Å²) in [5.74, 6) is -0.998. The minimum absolute atomic E-state index is 0.266. The lowest BCUT2D eigenvalue weighted by atomic mass is 10.1. The van der Waals surface area contributed by atoms with Crippen molar-refractivity contribution < 1.29 is 13.6 Å². The summed E-state index contributed by atoms with van der Waals surface area (Å²) in [5, 5.41) is 8.60. The largest absolute Gasteiger partial charge is 0.366 e. The van der Waals surface area contributed by atoms with E-state index in [1.165, 1.54) is 6.07 Å². The highest BCUT2D eigenvalue weighted by Crippen LogP contribution is 2.26. The lowest BCUT2D eigenvalue weighted by Crippen LogP contribution is -2.16. The number of hydrogen-bond donors (Lipinski definition) is 1. The number of pyridine rings is 1. The van der Waals surface area contributed by atoms with Crippen molar-refractivity contribution in [3.05, 3.63) is 26.6 Å². The second kappa shape index (κ2) is 4.48. The van der Waals surface area contributed by atoms with Gasteiger partial charge < -0.3 is 5.73 Å². The van der Waals surface area contributed by atoms with Gasteiger partial charge in [-0.2, -0.15) is 5.26 Å². The van der Waals surface area contributed by atoms with Crippen LogP contribution in [-0.4, -0.2) is 10.9 Å². The zero-order chi connectivity index (χ0) is 11.6. The monoisotopic (exact) mass is 323 g/mol. The maximum Gasteiger partial charge on any atom is 0.267 e. The molecule has 0 saturated carbocycles. The molecule has 7 heteroatoms. The summed E-state index contributed by atoms with van der Waals surface area (Å²) in [5.41, 5.74) is 3.40. The van der Waals surface area contributed by atoms with Crippen LogP contribution >= 0.6 is 22.6 Å². The number of nitrogens with two attached hydrogens (primary N) is 1. The summed E-state index contributed by atoms with van der Waals surface area (Å²) in [4.78, 5) is 14.5. The van der Waals surface area contributed by atoms with Gasteiger partial charge in [0.25, 0.3) is 6.43 Å². The van der Waals surface area contributed by atoms with Gasteiger partial charge in [0, 0.05) is 0 Å². The number of amides is 1. The van der Waals surface area contributed by atoms with Crippen molar-refractivity contribution in [1.29, 1.82) is 5.26 Å². The van der Waals surface area contributed by atoms with E-state index in [1.54, 1.807) is 22.6 Å². The molecule has 0 aromatic carbocycles. The van der Waals surface area contributed by atoms with Gasteiger partial charge in [0.05, 0.1) is 11.1 Å². The second-order valence-corrected chi connectivity index (χ2v) is 3.64. The molecule has 1 aromatic heterocycles. The zero-order valence-corrected chi connectivity index (χ0v) is 9.33. The van der Waals surface area contributed by atoms with Gasteiger partial charge in [0.1, 0.15) is 9.77 Å². The summed E-state index contributed by atoms with van der Waals surface area (Å²) in [7, 11) is 0. The van der Waals surface area contributed by atoms with Gasteiger partial charge in [-0.3, -0.25) is 4.79 Å². The summed E-state index contributed by atoms with van der Waals surface area (Å²) < 4.78 is 25.4. The summed E-state index contributed by atoms with van der Waals surface area (Å²) in [6.45, 7) is 0. The van der Waals surface area contributed by atoms with E-state index in [4.69, 9.17) is 11.0 Å². The van der Waals surface area contributed by atoms with E-state index in [0.29, 0.717) is 0 Å². The fourth-order valence-electron chi connectivity index (χ4n) is 1.03. The minimum atomic E-state index is -2.95. The summed E-state index contributed by atoms with van der Waals surface area (Å²) >= 11 is 1.71. The zero-order valence-electron chi connectivity index (χ0n) is 7.17. The van der Waals surface area contributed by atoms with Crippen molar-refractivity contribution in [2.75, 3.05) is 0 Å². The highest BCUT2D eigenvalue weighted by molar-refractivity contribution is 14.1. The van der Waals surface area contributed by atoms with Gasteiger partial charge in [-0.05, 0) is 28.7 Å². The van der Waals surface area contributed by atoms with E-state index in [0.717, 1.165) is 6.07 Å². The molecule has 0 bridgehead atoms. The van der Waals surface area contributed by atoms with Crippen LogP contribution in [0, 0.1) is 15.0 Å². The Balaban J connectivity index is 3.56. The van der Waals surface area contributed by atoms with Crippen LogP contribution in [0.1, 0.15) is 28.0 Å². The molecule has 0 aliphatic carbocycles. The Hall–Kier alpha value is -1.30. The van der Waals surface area contributed by atoms with Crippen LogP contribution in [0.3, 0.4) is 0 Å². The SMILES string of the molecule is N#Cc1nc(I)cc(C(N)=O)c1C(F)F. The molecule has 0 radical (unpaired) electrons. The van der Waals surface area contributed by atoms with Gasteiger partial charge in [0.2, 0.25) is 5.91 Å². The van der Waals surface area contributed by atoms with Crippen LogP contribution in [0.25, 0.3) is 0 Å². The first-order valence-corrected chi connectivity index (χ1v) is 4.73. The first-order valence-electron chi connectivity index (χ1n) is 3.66. The maximum atomic E-state index is 12.6. The molecule has 0 aliphatic rings. The van der Waals surface area contributed by atoms with Crippen molar-refractivity contribution >= 4 is 28.5 Å². The summed E-state index contributed by atoms with van der Waals surface area (Å²) in [6, 6.07) is 2.64. The number of halogens is 3. The molecule has 0 aliphatic heterocycles. The molecule has 1 rings (SSSR count). The van der Waals surface area contributed by atoms with E-state index >= 15 is 0 Å². The van der Waals surface area contributed by atoms with Crippen LogP contribution in [0.15, 0.2) is 6.07 Å². The first kappa shape index (κ1) is 11.8. The highest BCUT2D eigenvalue weighted by Gasteiger charge is 2.22. The predicted molar refractivity (Wildman–Crippen MR) is 55.1 cm³/mol. The van der Waals surface area contributed by atoms with Crippen molar-refractivity contribution in [2.45, 2.75) is 6.43 Å². The number of carbonyl (C=O) groups is 1. The molecule has 0 saturated heterocycles. The normalized spacial score (nSPS) is 10.1. The number of hydrogen-bond acceptors (Lipinski definition) is 3. The van der Waals surface area contributed by atoms with Crippen molar-refractivity contribution in [3.8, 4) is 6.07 Å². The third kappa shape index (κ3) is 2.38. The first-order chi connectivity index (χ1) is 6.97. The molecule has 4 nitrogen and oxygen atoms in total. The number of aromatic nitrogens is 1. The van der Waals surface area contributed by atoms with Gasteiger partial charge >= 0.3 is 0 Å². The van der Waals surface area contributed by atoms with Crippen molar-refractivity contribution in [1.82, 2.24) is 4.98 Å². The van der Waals surface area contributed by atoms with Crippen LogP contribution in [-0.2, 0) is 0 Å². The molecule has 0 spiro atoms. The Labute approximate surface area is 97.2 Å². The molecule has 15 heavy (non-hydrogen) atoms. The Kier molecular flexibility index (Phi) is 3.52. The summed E-state index contributed by atoms with van der Waals surface area (Å²) in [6.07, 6.45) is -2.95. The quantitative estimate of drug-likeness (QED) is 0.663. The third-order valence-corrected chi connectivity index (χ3v) is 2.17. The minimum Gasteiger partial charge on any atom is -0.366 e. The highest BCUT2D eigenvalue weighted by atomic mass is 127. The number of primary amides is 1. The molecule has 1 aromatic rings. The predicted octanol–water partition coefficient (Wildman–Crippen LogP) is 1.59. The smallest absolute Gasteiger partial charge is 0.267 e. The average Bonchev–Trinajstić information content (AvgIpc) is 2.15. The number of rotatable bonds is 2. The van der Waals surface area contributed by atoms with Crippen LogP contribution < -0.4 is 5.73 Å². The Morgan fingerprint density at radius 2 is 2.27 bits per heavy atom. The van der Waals surface area contributed by atoms with E-state index in [2.05, 4.69) is 4.98 Å². The van der Waals surface area contributed by atoms with E-state index < -0.39 is 23.6 Å². The van der Waals surface area contributed by atoms with Crippen molar-refractivity contribution in [2.24, 2.45) is 5.73 Å². The number of nitriles is 1. The van der Waals surface area contributed by atoms with Crippen molar-refractivity contribution in [3.63, 3.8) is 0 Å². The molecule has 0 unspecified atom stereocenters. The Morgan fingerprint density at radius 3 is 2.67 bits per heavy atom. The lowest BCUT2D eigenvalue weighted by Gasteiger charge is -2.07. The second-order valence-electron chi connectivity index (χ2n) is 2.53. The molecule has 1 heterocycles. The Bertz CT molecular complexity index is 456. The molecule has 1 amide bonds. The molecule has 78 valence electrons. The topological polar surface area (TPSA) is 79.8 Å². The van der Waals surface area contributed by atoms with Crippen LogP contribution in [0.5, 0.6) is 0 Å². The molecular formula is C8H4F2IN3O. The molecular weight excluding hydrogens is 319 g/mol. The number of carbonyl (C=O) groups excluding carboxylic acids is 1. The standard InChI is InChI=1S/C8H4F2IN3O/c9-7(10)6-3(8(13)15)1-5(11)14-4(6)2-12/h1,7H,(H2,13,15). The van der Waals surface area contributed by atoms with E-state index in [9.17, 15) is 13.6 Å². The van der Waals surface area contributed by atoms with Gasteiger partial charge in [0.15, 0.2) is 5.69 Å². The molecule has 2 N–H and O–H groups in total. The Morgan fingerprint density at radius 1 is 1.67 bits per heavy atom. The van der Waals surface area contributed by atoms with Gasteiger partial charge in [-0.1, -0.05) is 0 Å². The van der Waals surface area contributed by atoms with Gasteiger partial charge in [-0.15, -0.1) is 0 Å². The van der Waals surface area contributed by atoms with Gasteiger partial charge in [-0.25, -0.2) is 13.8 Å². The lowest BCUT2D eigenvalue weighted by molar-refractivity contribution is 0.0985. The molecule has 0 atom stereocenters. The fourth-order valence-corrected chi connectivity index (χ4v) is 1.59. The van der Waals surface area contributed by atoms with Crippen LogP contribution in [0.2, 0.25) is 0 Å². The average molecular weight is 323 g/mol. The number of alkyl halides is 2. The third-order valence-electron chi connectivity index (χ3n) is 1.62. The van der Waals surface area contributed by atoms with E-state index in [1.807, 2.05) is 0 Å². The maximum absolute atomic E-state index is 12.6. The molecule has 0 fully saturated rings. The van der Waals surface area contributed by atoms with E-state index in [-0.39, 0.29) is 9.26 Å². The number of nitrogens with zero attached hydrogens (tertiary/aromatic N) is 2.